The molecular weight excluding hydrogens is 285 g/mol. The van der Waals surface area contributed by atoms with Crippen molar-refractivity contribution < 1.29 is 18.0 Å². The van der Waals surface area contributed by atoms with E-state index in [4.69, 9.17) is 0 Å². The quantitative estimate of drug-likeness (QED) is 0.686. The van der Waals surface area contributed by atoms with Crippen molar-refractivity contribution in [3.8, 4) is 0 Å². The number of alkyl halides is 3. The van der Waals surface area contributed by atoms with Crippen LogP contribution in [0.4, 0.5) is 13.2 Å². The van der Waals surface area contributed by atoms with Crippen molar-refractivity contribution in [3.05, 3.63) is 18.0 Å². The Labute approximate surface area is 120 Å². The molecule has 1 aliphatic carbocycles. The number of hydrazone groups is 1. The van der Waals surface area contributed by atoms with E-state index in [1.54, 1.807) is 0 Å². The Hall–Kier alpha value is -1.86. The SMILES string of the molecule is O=C(N/N=C/c1ccn(CC(F)(F)F)n1)C1CCCCC1. The molecular formula is C13H17F3N4O. The molecule has 0 spiro atoms. The van der Waals surface area contributed by atoms with Gasteiger partial charge in [-0.15, -0.1) is 0 Å². The Kier molecular flexibility index (Phi) is 4.98. The summed E-state index contributed by atoms with van der Waals surface area (Å²) in [7, 11) is 0. The average Bonchev–Trinajstić information content (AvgIpc) is 2.85. The van der Waals surface area contributed by atoms with Gasteiger partial charge in [0.15, 0.2) is 0 Å². The zero-order valence-corrected chi connectivity index (χ0v) is 11.4. The predicted octanol–water partition coefficient (Wildman–Crippen LogP) is 2.48. The maximum absolute atomic E-state index is 12.2. The molecule has 116 valence electrons. The summed E-state index contributed by atoms with van der Waals surface area (Å²) >= 11 is 0. The van der Waals surface area contributed by atoms with Crippen molar-refractivity contribution >= 4 is 12.1 Å². The van der Waals surface area contributed by atoms with Gasteiger partial charge in [-0.2, -0.15) is 23.4 Å². The Morgan fingerprint density at radius 3 is 2.81 bits per heavy atom. The van der Waals surface area contributed by atoms with Crippen molar-refractivity contribution in [1.29, 1.82) is 0 Å². The Balaban J connectivity index is 1.82. The highest BCUT2D eigenvalue weighted by Crippen LogP contribution is 2.23. The smallest absolute Gasteiger partial charge is 0.273 e. The minimum Gasteiger partial charge on any atom is -0.273 e. The fraction of sp³-hybridized carbons (Fsp3) is 0.615. The lowest BCUT2D eigenvalue weighted by Crippen LogP contribution is -2.28. The van der Waals surface area contributed by atoms with E-state index in [2.05, 4.69) is 15.6 Å². The fourth-order valence-electron chi connectivity index (χ4n) is 2.34. The molecule has 1 heterocycles. The number of halogens is 3. The number of nitrogens with one attached hydrogen (secondary N) is 1. The summed E-state index contributed by atoms with van der Waals surface area (Å²) in [6.45, 7) is -1.14. The highest BCUT2D eigenvalue weighted by molar-refractivity contribution is 5.82. The van der Waals surface area contributed by atoms with E-state index in [-0.39, 0.29) is 17.5 Å². The number of rotatable bonds is 4. The zero-order chi connectivity index (χ0) is 15.3. The lowest BCUT2D eigenvalue weighted by molar-refractivity contribution is -0.142. The van der Waals surface area contributed by atoms with Gasteiger partial charge in [-0.25, -0.2) is 5.43 Å². The Bertz CT molecular complexity index is 504. The average molecular weight is 302 g/mol. The Morgan fingerprint density at radius 2 is 2.14 bits per heavy atom. The number of amides is 1. The van der Waals surface area contributed by atoms with E-state index < -0.39 is 12.7 Å². The summed E-state index contributed by atoms with van der Waals surface area (Å²) in [5.41, 5.74) is 2.68. The molecule has 1 amide bonds. The molecule has 8 heteroatoms. The molecule has 0 aliphatic heterocycles. The van der Waals surface area contributed by atoms with Crippen molar-refractivity contribution in [2.24, 2.45) is 11.0 Å². The van der Waals surface area contributed by atoms with Gasteiger partial charge in [0, 0.05) is 12.1 Å². The highest BCUT2D eigenvalue weighted by Gasteiger charge is 2.28. The molecule has 1 saturated carbocycles. The van der Waals surface area contributed by atoms with Gasteiger partial charge in [-0.1, -0.05) is 19.3 Å². The normalized spacial score (nSPS) is 17.3. The van der Waals surface area contributed by atoms with Gasteiger partial charge < -0.3 is 0 Å². The lowest BCUT2D eigenvalue weighted by atomic mass is 9.89. The summed E-state index contributed by atoms with van der Waals surface area (Å²) in [6.07, 6.45) is 3.13. The van der Waals surface area contributed by atoms with Crippen LogP contribution in [0.3, 0.4) is 0 Å². The zero-order valence-electron chi connectivity index (χ0n) is 11.4. The van der Waals surface area contributed by atoms with Gasteiger partial charge in [0.2, 0.25) is 5.91 Å². The van der Waals surface area contributed by atoms with Gasteiger partial charge in [0.25, 0.3) is 0 Å². The summed E-state index contributed by atoms with van der Waals surface area (Å²) in [5, 5.41) is 7.45. The molecule has 0 unspecified atom stereocenters. The van der Waals surface area contributed by atoms with Crippen LogP contribution in [0.1, 0.15) is 37.8 Å². The number of carbonyl (C=O) groups excluding carboxylic acids is 1. The molecule has 0 radical (unpaired) electrons. The van der Waals surface area contributed by atoms with Crippen LogP contribution in [-0.2, 0) is 11.3 Å². The van der Waals surface area contributed by atoms with Crippen LogP contribution in [0, 0.1) is 5.92 Å². The molecule has 1 N–H and O–H groups in total. The molecule has 1 fully saturated rings. The summed E-state index contributed by atoms with van der Waals surface area (Å²) < 4.78 is 37.3. The van der Waals surface area contributed by atoms with Crippen molar-refractivity contribution in [2.75, 3.05) is 0 Å². The largest absolute Gasteiger partial charge is 0.408 e. The van der Waals surface area contributed by atoms with E-state index >= 15 is 0 Å². The van der Waals surface area contributed by atoms with E-state index in [0.29, 0.717) is 0 Å². The van der Waals surface area contributed by atoms with E-state index in [1.165, 1.54) is 18.5 Å². The monoisotopic (exact) mass is 302 g/mol. The van der Waals surface area contributed by atoms with E-state index in [1.807, 2.05) is 0 Å². The first kappa shape index (κ1) is 15.5. The van der Waals surface area contributed by atoms with E-state index in [0.717, 1.165) is 36.8 Å². The number of hydrogen-bond acceptors (Lipinski definition) is 3. The highest BCUT2D eigenvalue weighted by atomic mass is 19.4. The molecule has 1 aromatic rings. The molecule has 0 bridgehead atoms. The minimum atomic E-state index is -4.31. The predicted molar refractivity (Wildman–Crippen MR) is 70.6 cm³/mol. The first-order chi connectivity index (χ1) is 9.94. The van der Waals surface area contributed by atoms with Crippen LogP contribution in [0.15, 0.2) is 17.4 Å². The van der Waals surface area contributed by atoms with Crippen molar-refractivity contribution in [2.45, 2.75) is 44.8 Å². The molecule has 1 aromatic heterocycles. The van der Waals surface area contributed by atoms with Crippen LogP contribution < -0.4 is 5.43 Å². The van der Waals surface area contributed by atoms with E-state index in [9.17, 15) is 18.0 Å². The second-order valence-electron chi connectivity index (χ2n) is 5.12. The molecule has 21 heavy (non-hydrogen) atoms. The molecule has 5 nitrogen and oxygen atoms in total. The van der Waals surface area contributed by atoms with Crippen LogP contribution in [0.25, 0.3) is 0 Å². The van der Waals surface area contributed by atoms with Gasteiger partial charge in [0.05, 0.1) is 6.21 Å². The lowest BCUT2D eigenvalue weighted by Gasteiger charge is -2.19. The second kappa shape index (κ2) is 6.73. The molecule has 1 aliphatic rings. The number of nitrogens with zero attached hydrogens (tertiary/aromatic N) is 3. The van der Waals surface area contributed by atoms with Gasteiger partial charge in [-0.3, -0.25) is 9.48 Å². The van der Waals surface area contributed by atoms with Crippen LogP contribution >= 0.6 is 0 Å². The first-order valence-electron chi connectivity index (χ1n) is 6.87. The number of aromatic nitrogens is 2. The third kappa shape index (κ3) is 5.20. The Morgan fingerprint density at radius 1 is 1.43 bits per heavy atom. The van der Waals surface area contributed by atoms with Gasteiger partial charge in [0.1, 0.15) is 12.2 Å². The third-order valence-electron chi connectivity index (χ3n) is 3.35. The maximum atomic E-state index is 12.2. The first-order valence-corrected chi connectivity index (χ1v) is 6.87. The standard InChI is InChI=1S/C13H17F3N4O/c14-13(15,16)9-20-7-6-11(19-20)8-17-18-12(21)10-4-2-1-3-5-10/h6-8,10H,1-5,9H2,(H,18,21)/b17-8+. The summed E-state index contributed by atoms with van der Waals surface area (Å²) in [6, 6.07) is 1.40. The summed E-state index contributed by atoms with van der Waals surface area (Å²) in [4.78, 5) is 11.8. The van der Waals surface area contributed by atoms with Crippen LogP contribution in [0.5, 0.6) is 0 Å². The number of hydrogen-bond donors (Lipinski definition) is 1. The summed E-state index contributed by atoms with van der Waals surface area (Å²) in [5.74, 6) is -0.153. The van der Waals surface area contributed by atoms with Crippen molar-refractivity contribution in [1.82, 2.24) is 15.2 Å². The van der Waals surface area contributed by atoms with Gasteiger partial charge in [-0.05, 0) is 18.9 Å². The fourth-order valence-corrected chi connectivity index (χ4v) is 2.34. The van der Waals surface area contributed by atoms with Crippen LogP contribution in [-0.4, -0.2) is 28.1 Å². The minimum absolute atomic E-state index is 0.0151. The van der Waals surface area contributed by atoms with Gasteiger partial charge >= 0.3 is 6.18 Å². The topological polar surface area (TPSA) is 59.3 Å². The molecule has 0 saturated heterocycles. The maximum Gasteiger partial charge on any atom is 0.408 e. The van der Waals surface area contributed by atoms with Crippen molar-refractivity contribution in [3.63, 3.8) is 0 Å². The molecule has 0 atom stereocenters. The van der Waals surface area contributed by atoms with Crippen LogP contribution in [0.2, 0.25) is 0 Å². The second-order valence-corrected chi connectivity index (χ2v) is 5.12. The number of carbonyl (C=O) groups is 1. The molecule has 2 rings (SSSR count). The third-order valence-corrected chi connectivity index (χ3v) is 3.35. The molecule has 0 aromatic carbocycles.